The monoisotopic (exact) mass is 696 g/mol. The topological polar surface area (TPSA) is 110 Å². The number of amides is 3. The number of halogens is 1. The highest BCUT2D eigenvalue weighted by Crippen LogP contribution is 2.35. The average molecular weight is 697 g/mol. The molecule has 3 amide bonds. The third-order valence-corrected chi connectivity index (χ3v) is 8.53. The number of primary amides is 1. The summed E-state index contributed by atoms with van der Waals surface area (Å²) in [4.78, 5) is 41.6. The summed E-state index contributed by atoms with van der Waals surface area (Å²) in [5.74, 6) is 1.91. The largest absolute Gasteiger partial charge is 0.372 e. The Kier molecular flexibility index (Phi) is 30.7. The Morgan fingerprint density at radius 2 is 1.46 bits per heavy atom. The number of rotatable bonds is 9. The zero-order chi connectivity index (χ0) is 37.8. The Balaban J connectivity index is -0.000000578. The molecule has 1 aliphatic carbocycles. The number of carbonyl (C=O) groups excluding carboxylic acids is 4. The third-order valence-electron chi connectivity index (χ3n) is 8.28. The minimum Gasteiger partial charge on any atom is -0.372 e. The van der Waals surface area contributed by atoms with Crippen molar-refractivity contribution < 1.29 is 19.2 Å². The van der Waals surface area contributed by atoms with E-state index in [1.165, 1.54) is 56.9 Å². The molecule has 48 heavy (non-hydrogen) atoms. The number of hydrogen-bond acceptors (Lipinski definition) is 4. The molecule has 1 aromatic rings. The van der Waals surface area contributed by atoms with Gasteiger partial charge in [0.2, 0.25) is 18.7 Å². The highest BCUT2D eigenvalue weighted by molar-refractivity contribution is 6.30. The summed E-state index contributed by atoms with van der Waals surface area (Å²) in [5.41, 5.74) is 5.84. The SMILES string of the molecule is CC.CC(C)C=O.CC1(C)CCC(NC(=O)C(C)(C)C)CC1.CCCC(CC(C)CC)c1ccc(Cl)cc1.NC=O.O=CN1CCCC1. The number of nitrogens with two attached hydrogens (primary N) is 1. The summed E-state index contributed by atoms with van der Waals surface area (Å²) in [6.07, 6.45) is 14.3. The van der Waals surface area contributed by atoms with Crippen LogP contribution in [0.5, 0.6) is 0 Å². The van der Waals surface area contributed by atoms with E-state index in [1.807, 2.05) is 60.6 Å². The lowest BCUT2D eigenvalue weighted by Gasteiger charge is -2.35. The molecule has 1 heterocycles. The molecule has 2 fully saturated rings. The molecule has 0 aromatic heterocycles. The van der Waals surface area contributed by atoms with Crippen LogP contribution in [-0.4, -0.2) is 49.0 Å². The van der Waals surface area contributed by atoms with Crippen molar-refractivity contribution in [2.45, 2.75) is 159 Å². The molecule has 2 unspecified atom stereocenters. The lowest BCUT2D eigenvalue weighted by Crippen LogP contribution is -2.44. The van der Waals surface area contributed by atoms with Crippen molar-refractivity contribution in [1.82, 2.24) is 10.2 Å². The van der Waals surface area contributed by atoms with Crippen LogP contribution >= 0.6 is 11.6 Å². The highest BCUT2D eigenvalue weighted by Gasteiger charge is 2.30. The first-order chi connectivity index (χ1) is 22.5. The van der Waals surface area contributed by atoms with Crippen molar-refractivity contribution in [3.8, 4) is 0 Å². The van der Waals surface area contributed by atoms with Gasteiger partial charge in [-0.15, -0.1) is 0 Å². The van der Waals surface area contributed by atoms with Crippen LogP contribution in [0.1, 0.15) is 159 Å². The summed E-state index contributed by atoms with van der Waals surface area (Å²) in [6.45, 7) is 27.1. The van der Waals surface area contributed by atoms with Crippen molar-refractivity contribution >= 4 is 36.6 Å². The molecule has 1 aromatic carbocycles. The maximum atomic E-state index is 11.8. The number of carbonyl (C=O) groups is 4. The fraction of sp³-hybridized carbons (Fsp3) is 0.750. The summed E-state index contributed by atoms with van der Waals surface area (Å²) in [6, 6.07) is 8.80. The van der Waals surface area contributed by atoms with Crippen LogP contribution in [0.2, 0.25) is 5.02 Å². The van der Waals surface area contributed by atoms with Crippen LogP contribution < -0.4 is 11.1 Å². The number of aldehydes is 1. The van der Waals surface area contributed by atoms with E-state index in [0.717, 1.165) is 49.6 Å². The minimum atomic E-state index is -0.257. The summed E-state index contributed by atoms with van der Waals surface area (Å²) >= 11 is 5.93. The fourth-order valence-electron chi connectivity index (χ4n) is 4.95. The van der Waals surface area contributed by atoms with Gasteiger partial charge >= 0.3 is 0 Å². The van der Waals surface area contributed by atoms with E-state index in [1.54, 1.807) is 4.90 Å². The van der Waals surface area contributed by atoms with E-state index in [4.69, 9.17) is 16.4 Å². The van der Waals surface area contributed by atoms with Gasteiger partial charge in [-0.25, -0.2) is 0 Å². The first-order valence-electron chi connectivity index (χ1n) is 18.4. The molecule has 3 rings (SSSR count). The number of nitrogens with zero attached hydrogens (tertiary/aromatic N) is 1. The lowest BCUT2D eigenvalue weighted by atomic mass is 9.75. The second-order valence-electron chi connectivity index (χ2n) is 14.8. The van der Waals surface area contributed by atoms with Gasteiger partial charge < -0.3 is 20.7 Å². The summed E-state index contributed by atoms with van der Waals surface area (Å²) in [5, 5.41) is 3.99. The second kappa shape index (κ2) is 29.5. The van der Waals surface area contributed by atoms with Gasteiger partial charge in [0.05, 0.1) is 0 Å². The molecule has 1 saturated carbocycles. The zero-order valence-electron chi connectivity index (χ0n) is 32.9. The number of benzene rings is 1. The Labute approximate surface area is 300 Å². The molecule has 1 saturated heterocycles. The summed E-state index contributed by atoms with van der Waals surface area (Å²) in [7, 11) is 0. The maximum absolute atomic E-state index is 11.8. The van der Waals surface area contributed by atoms with Crippen LogP contribution in [0, 0.1) is 22.7 Å². The number of hydrogen-bond donors (Lipinski definition) is 2. The van der Waals surface area contributed by atoms with Gasteiger partial charge in [0.15, 0.2) is 0 Å². The van der Waals surface area contributed by atoms with E-state index in [0.29, 0.717) is 17.4 Å². The van der Waals surface area contributed by atoms with Crippen molar-refractivity contribution in [3.63, 3.8) is 0 Å². The van der Waals surface area contributed by atoms with Crippen molar-refractivity contribution in [2.75, 3.05) is 13.1 Å². The Bertz CT molecular complexity index is 929. The van der Waals surface area contributed by atoms with Crippen molar-refractivity contribution in [2.24, 2.45) is 28.4 Å². The van der Waals surface area contributed by atoms with Gasteiger partial charge in [0, 0.05) is 35.5 Å². The van der Waals surface area contributed by atoms with Gasteiger partial charge in [0.25, 0.3) is 0 Å². The first-order valence-corrected chi connectivity index (χ1v) is 18.7. The molecule has 2 atom stereocenters. The van der Waals surface area contributed by atoms with E-state index >= 15 is 0 Å². The Hall–Kier alpha value is -2.41. The van der Waals surface area contributed by atoms with Crippen LogP contribution in [0.4, 0.5) is 0 Å². The first kappa shape index (κ1) is 50.0. The number of nitrogens with one attached hydrogen (secondary N) is 1. The quantitative estimate of drug-likeness (QED) is 0.251. The summed E-state index contributed by atoms with van der Waals surface area (Å²) < 4.78 is 0. The molecule has 1 aliphatic heterocycles. The van der Waals surface area contributed by atoms with Crippen LogP contribution in [0.15, 0.2) is 24.3 Å². The van der Waals surface area contributed by atoms with Crippen LogP contribution in [0.3, 0.4) is 0 Å². The third kappa shape index (κ3) is 27.5. The molecule has 8 heteroatoms. The smallest absolute Gasteiger partial charge is 0.225 e. The van der Waals surface area contributed by atoms with Crippen molar-refractivity contribution in [3.05, 3.63) is 34.9 Å². The van der Waals surface area contributed by atoms with Gasteiger partial charge in [0.1, 0.15) is 6.29 Å². The van der Waals surface area contributed by atoms with Crippen molar-refractivity contribution in [1.29, 1.82) is 0 Å². The molecular weight excluding hydrogens is 622 g/mol. The van der Waals surface area contributed by atoms with E-state index in [-0.39, 0.29) is 23.7 Å². The molecule has 2 aliphatic rings. The van der Waals surface area contributed by atoms with Gasteiger partial charge in [-0.2, -0.15) is 0 Å². The zero-order valence-corrected chi connectivity index (χ0v) is 33.6. The number of likely N-dealkylation sites (tertiary alicyclic amines) is 1. The molecular formula is C40H74ClN3O4. The average Bonchev–Trinajstić information content (AvgIpc) is 3.58. The molecule has 7 nitrogen and oxygen atoms in total. The lowest BCUT2D eigenvalue weighted by molar-refractivity contribution is -0.129. The standard InChI is InChI=1S/C15H23Cl.C13H25NO.C5H9NO.C4H8O.C2H6.CH3NO/c1-4-6-14(11-12(3)5-2)13-7-9-15(16)10-8-13;1-12(2,3)11(15)14-10-6-8-13(4,5)9-7-10;7-5-6-3-1-2-4-6;1-4(2)3-5;1-2;2-1-3/h7-10,12,14H,4-6,11H2,1-3H3;10H,6-9H2,1-5H3,(H,14,15);5H,1-4H2;3-4H,1-2H3;1-2H3;1H,(H2,2,3). The minimum absolute atomic E-state index is 0.187. The van der Waals surface area contributed by atoms with Crippen LogP contribution in [-0.2, 0) is 19.2 Å². The van der Waals surface area contributed by atoms with Gasteiger partial charge in [-0.1, -0.05) is 120 Å². The molecule has 0 bridgehead atoms. The predicted octanol–water partition coefficient (Wildman–Crippen LogP) is 9.99. The van der Waals surface area contributed by atoms with E-state index < -0.39 is 0 Å². The fourth-order valence-corrected chi connectivity index (χ4v) is 5.07. The van der Waals surface area contributed by atoms with E-state index in [9.17, 15) is 14.4 Å². The van der Waals surface area contributed by atoms with Crippen LogP contribution in [0.25, 0.3) is 0 Å². The Morgan fingerprint density at radius 3 is 1.79 bits per heavy atom. The molecule has 0 radical (unpaired) electrons. The molecule has 280 valence electrons. The molecule has 0 spiro atoms. The predicted molar refractivity (Wildman–Crippen MR) is 206 cm³/mol. The van der Waals surface area contributed by atoms with Gasteiger partial charge in [-0.05, 0) is 86.3 Å². The second-order valence-corrected chi connectivity index (χ2v) is 15.2. The maximum Gasteiger partial charge on any atom is 0.225 e. The van der Waals surface area contributed by atoms with E-state index in [2.05, 4.69) is 57.8 Å². The molecule has 3 N–H and O–H groups in total. The highest BCUT2D eigenvalue weighted by atomic mass is 35.5. The Morgan fingerprint density at radius 1 is 1.00 bits per heavy atom. The van der Waals surface area contributed by atoms with Gasteiger partial charge in [-0.3, -0.25) is 14.4 Å². The normalized spacial score (nSPS) is 16.2.